The molecule has 0 saturated heterocycles. The van der Waals surface area contributed by atoms with Crippen LogP contribution in [0.1, 0.15) is 96.0 Å². The summed E-state index contributed by atoms with van der Waals surface area (Å²) < 4.78 is 33.5. The Bertz CT molecular complexity index is 1420. The number of nitrogens with one attached hydrogen (secondary N) is 2. The molecule has 1 aromatic heterocycles. The van der Waals surface area contributed by atoms with Crippen LogP contribution in [0.15, 0.2) is 48.5 Å². The summed E-state index contributed by atoms with van der Waals surface area (Å²) in [6, 6.07) is 9.36. The Morgan fingerprint density at radius 3 is 2.07 bits per heavy atom. The van der Waals surface area contributed by atoms with Crippen molar-refractivity contribution in [2.45, 2.75) is 82.3 Å². The van der Waals surface area contributed by atoms with Gasteiger partial charge in [0.15, 0.2) is 5.69 Å². The number of carbonyl (C=O) groups is 3. The molecule has 0 aliphatic heterocycles. The van der Waals surface area contributed by atoms with Crippen LogP contribution in [0.2, 0.25) is 0 Å². The van der Waals surface area contributed by atoms with Gasteiger partial charge in [0, 0.05) is 12.1 Å². The predicted octanol–water partition coefficient (Wildman–Crippen LogP) is 5.90. The summed E-state index contributed by atoms with van der Waals surface area (Å²) in [4.78, 5) is 42.2. The Morgan fingerprint density at radius 2 is 1.45 bits per heavy atom. The molecule has 5 rings (SSSR count). The summed E-state index contributed by atoms with van der Waals surface area (Å²) in [6.45, 7) is 0. The third-order valence-corrected chi connectivity index (χ3v) is 8.90. The predicted molar refractivity (Wildman–Crippen MR) is 158 cm³/mol. The number of carbonyl (C=O) groups excluding carboxylic acids is 3. The number of nitrogen functional groups attached to an aromatic ring is 1. The van der Waals surface area contributed by atoms with E-state index in [0.29, 0.717) is 5.56 Å². The SMILES string of the molecule is Nc1c(C(=O)NC2CCCCC2)nsc1C(=O)N(c1ccccc1F)[C@H](C(=O)NC1CCCCC1)c1ccc(F)cc1. The molecule has 3 amide bonds. The number of nitrogens with zero attached hydrogens (tertiary/aromatic N) is 2. The molecular formula is C31H35F2N5O3S. The molecule has 3 aromatic rings. The first-order chi connectivity index (χ1) is 20.3. The Labute approximate surface area is 247 Å². The maximum absolute atomic E-state index is 15.4. The minimum atomic E-state index is -1.35. The molecule has 1 heterocycles. The number of nitrogens with two attached hydrogens (primary N) is 1. The molecule has 2 aromatic carbocycles. The molecule has 8 nitrogen and oxygen atoms in total. The van der Waals surface area contributed by atoms with Crippen molar-refractivity contribution in [3.05, 3.63) is 76.3 Å². The van der Waals surface area contributed by atoms with Crippen molar-refractivity contribution in [3.8, 4) is 0 Å². The van der Waals surface area contributed by atoms with Crippen LogP contribution in [-0.2, 0) is 4.79 Å². The van der Waals surface area contributed by atoms with Gasteiger partial charge in [0.05, 0.1) is 11.4 Å². The van der Waals surface area contributed by atoms with E-state index < -0.39 is 35.4 Å². The molecule has 2 saturated carbocycles. The van der Waals surface area contributed by atoms with Crippen LogP contribution >= 0.6 is 11.5 Å². The number of benzene rings is 2. The number of amides is 3. The Balaban J connectivity index is 1.53. The van der Waals surface area contributed by atoms with Gasteiger partial charge in [-0.05, 0) is 67.0 Å². The van der Waals surface area contributed by atoms with Gasteiger partial charge in [-0.25, -0.2) is 8.78 Å². The van der Waals surface area contributed by atoms with Gasteiger partial charge in [0.25, 0.3) is 11.8 Å². The summed E-state index contributed by atoms with van der Waals surface area (Å²) in [5, 5.41) is 5.99. The number of aromatic nitrogens is 1. The highest BCUT2D eigenvalue weighted by molar-refractivity contribution is 7.09. The fourth-order valence-corrected chi connectivity index (χ4v) is 6.56. The quantitative estimate of drug-likeness (QED) is 0.300. The van der Waals surface area contributed by atoms with Crippen molar-refractivity contribution in [1.82, 2.24) is 15.0 Å². The molecular weight excluding hydrogens is 560 g/mol. The molecule has 11 heteroatoms. The lowest BCUT2D eigenvalue weighted by Gasteiger charge is -2.33. The maximum Gasteiger partial charge on any atom is 0.273 e. The first-order valence-electron chi connectivity index (χ1n) is 14.5. The zero-order chi connectivity index (χ0) is 29.6. The van der Waals surface area contributed by atoms with Crippen LogP contribution in [0, 0.1) is 11.6 Å². The average Bonchev–Trinajstić information content (AvgIpc) is 3.39. The Hall–Kier alpha value is -3.86. The van der Waals surface area contributed by atoms with E-state index in [1.54, 1.807) is 6.07 Å². The second-order valence-electron chi connectivity index (χ2n) is 11.0. The van der Waals surface area contributed by atoms with Crippen LogP contribution in [0.4, 0.5) is 20.2 Å². The van der Waals surface area contributed by atoms with Gasteiger partial charge in [0.2, 0.25) is 5.91 Å². The van der Waals surface area contributed by atoms with Crippen molar-refractivity contribution in [2.75, 3.05) is 10.6 Å². The van der Waals surface area contributed by atoms with E-state index in [1.807, 2.05) is 0 Å². The highest BCUT2D eigenvalue weighted by Gasteiger charge is 2.38. The second-order valence-corrected chi connectivity index (χ2v) is 11.8. The third kappa shape index (κ3) is 6.61. The summed E-state index contributed by atoms with van der Waals surface area (Å²) >= 11 is 0.725. The van der Waals surface area contributed by atoms with Gasteiger partial charge in [0.1, 0.15) is 22.6 Å². The molecule has 4 N–H and O–H groups in total. The molecule has 222 valence electrons. The molecule has 42 heavy (non-hydrogen) atoms. The molecule has 2 aliphatic rings. The first kappa shape index (κ1) is 29.6. The van der Waals surface area contributed by atoms with Crippen LogP contribution in [0.25, 0.3) is 0 Å². The zero-order valence-electron chi connectivity index (χ0n) is 23.3. The smallest absolute Gasteiger partial charge is 0.273 e. The van der Waals surface area contributed by atoms with Gasteiger partial charge in [-0.3, -0.25) is 19.3 Å². The number of anilines is 2. The van der Waals surface area contributed by atoms with E-state index in [2.05, 4.69) is 15.0 Å². The molecule has 0 spiro atoms. The largest absolute Gasteiger partial charge is 0.395 e. The minimum Gasteiger partial charge on any atom is -0.395 e. The summed E-state index contributed by atoms with van der Waals surface area (Å²) in [7, 11) is 0. The topological polar surface area (TPSA) is 117 Å². The molecule has 2 aliphatic carbocycles. The van der Waals surface area contributed by atoms with Gasteiger partial charge < -0.3 is 16.4 Å². The van der Waals surface area contributed by atoms with Gasteiger partial charge in [-0.1, -0.05) is 62.8 Å². The van der Waals surface area contributed by atoms with Crippen LogP contribution in [-0.4, -0.2) is 34.2 Å². The molecule has 2 fully saturated rings. The molecule has 0 radical (unpaired) electrons. The zero-order valence-corrected chi connectivity index (χ0v) is 24.1. The van der Waals surface area contributed by atoms with Crippen molar-refractivity contribution in [2.24, 2.45) is 0 Å². The lowest BCUT2D eigenvalue weighted by atomic mass is 9.94. The summed E-state index contributed by atoms with van der Waals surface area (Å²) in [6.07, 6.45) is 9.47. The van der Waals surface area contributed by atoms with Crippen LogP contribution < -0.4 is 21.3 Å². The minimum absolute atomic E-state index is 0.00718. The fourth-order valence-electron chi connectivity index (χ4n) is 5.83. The van der Waals surface area contributed by atoms with Crippen molar-refractivity contribution >= 4 is 40.6 Å². The number of hydrogen-bond donors (Lipinski definition) is 3. The van der Waals surface area contributed by atoms with Crippen molar-refractivity contribution < 1.29 is 23.2 Å². The number of para-hydroxylation sites is 1. The average molecular weight is 596 g/mol. The van der Waals surface area contributed by atoms with Crippen molar-refractivity contribution in [1.29, 1.82) is 0 Å². The molecule has 0 bridgehead atoms. The van der Waals surface area contributed by atoms with Gasteiger partial charge in [-0.2, -0.15) is 4.37 Å². The van der Waals surface area contributed by atoms with E-state index in [-0.39, 0.29) is 34.0 Å². The van der Waals surface area contributed by atoms with Gasteiger partial charge in [-0.15, -0.1) is 0 Å². The Morgan fingerprint density at radius 1 is 0.857 bits per heavy atom. The maximum atomic E-state index is 15.4. The Kier molecular flexibility index (Phi) is 9.46. The van der Waals surface area contributed by atoms with E-state index in [0.717, 1.165) is 80.6 Å². The van der Waals surface area contributed by atoms with E-state index in [4.69, 9.17) is 5.73 Å². The summed E-state index contributed by atoms with van der Waals surface area (Å²) in [5.41, 5.74) is 6.27. The summed E-state index contributed by atoms with van der Waals surface area (Å²) in [5.74, 6) is -3.04. The van der Waals surface area contributed by atoms with E-state index in [9.17, 15) is 18.8 Å². The second kappa shape index (κ2) is 13.4. The van der Waals surface area contributed by atoms with E-state index >= 15 is 4.39 Å². The normalized spacial score (nSPS) is 16.9. The van der Waals surface area contributed by atoms with E-state index in [1.165, 1.54) is 42.5 Å². The molecule has 0 unspecified atom stereocenters. The number of rotatable bonds is 8. The first-order valence-corrected chi connectivity index (χ1v) is 15.3. The highest BCUT2D eigenvalue weighted by atomic mass is 32.1. The monoisotopic (exact) mass is 595 g/mol. The van der Waals surface area contributed by atoms with Crippen molar-refractivity contribution in [3.63, 3.8) is 0 Å². The fraction of sp³-hybridized carbons (Fsp3) is 0.419. The third-order valence-electron chi connectivity index (χ3n) is 8.05. The van der Waals surface area contributed by atoms with Crippen LogP contribution in [0.3, 0.4) is 0 Å². The number of halogens is 2. The molecule has 1 atom stereocenters. The standard InChI is InChI=1S/C31H35F2N5O3S/c32-20-17-15-19(16-18-20)27(30(40)36-22-11-5-2-6-12-22)38(24-14-8-7-13-23(24)33)31(41)28-25(34)26(37-42-28)29(39)35-21-9-3-1-4-10-21/h7-8,13-18,21-22,27H,1-6,9-12,34H2,(H,35,39)(H,36,40)/t27-/m0/s1. The lowest BCUT2D eigenvalue weighted by molar-refractivity contribution is -0.123. The number of hydrogen-bond acceptors (Lipinski definition) is 6. The van der Waals surface area contributed by atoms with Crippen LogP contribution in [0.5, 0.6) is 0 Å². The van der Waals surface area contributed by atoms with Gasteiger partial charge >= 0.3 is 0 Å². The lowest BCUT2D eigenvalue weighted by Crippen LogP contribution is -2.47. The highest BCUT2D eigenvalue weighted by Crippen LogP contribution is 2.35.